The normalized spacial score (nSPS) is 10.1. The summed E-state index contributed by atoms with van der Waals surface area (Å²) in [6, 6.07) is 4.24. The van der Waals surface area contributed by atoms with Gasteiger partial charge in [0.1, 0.15) is 0 Å². The summed E-state index contributed by atoms with van der Waals surface area (Å²) in [5, 5.41) is 19.5. The highest BCUT2D eigenvalue weighted by Crippen LogP contribution is 2.20. The first-order chi connectivity index (χ1) is 9.36. The van der Waals surface area contributed by atoms with E-state index in [0.717, 1.165) is 0 Å². The third kappa shape index (κ3) is 3.78. The first-order valence-electron chi connectivity index (χ1n) is 6.13. The predicted molar refractivity (Wildman–Crippen MR) is 71.7 cm³/mol. The zero-order chi connectivity index (χ0) is 15.3. The molecule has 0 fully saturated rings. The minimum Gasteiger partial charge on any atom is -0.481 e. The van der Waals surface area contributed by atoms with Gasteiger partial charge in [-0.1, -0.05) is 6.07 Å². The van der Waals surface area contributed by atoms with Crippen molar-refractivity contribution < 1.29 is 19.6 Å². The van der Waals surface area contributed by atoms with Crippen molar-refractivity contribution >= 4 is 17.6 Å². The molecule has 0 saturated heterocycles. The molecule has 0 atom stereocenters. The van der Waals surface area contributed by atoms with Crippen molar-refractivity contribution in [1.82, 2.24) is 4.90 Å². The number of hydrogen-bond donors (Lipinski definition) is 1. The summed E-state index contributed by atoms with van der Waals surface area (Å²) >= 11 is 0. The van der Waals surface area contributed by atoms with Gasteiger partial charge < -0.3 is 10.0 Å². The van der Waals surface area contributed by atoms with Crippen LogP contribution in [0.15, 0.2) is 18.2 Å². The maximum Gasteiger partial charge on any atom is 0.305 e. The lowest BCUT2D eigenvalue weighted by molar-refractivity contribution is -0.385. The number of aryl methyl sites for hydroxylation is 1. The van der Waals surface area contributed by atoms with Crippen LogP contribution in [0.5, 0.6) is 0 Å². The van der Waals surface area contributed by atoms with E-state index in [2.05, 4.69) is 0 Å². The number of amides is 1. The SMILES string of the molecule is CCN(CCC(=O)O)C(=O)c1ccc(C)c([N+](=O)[O-])c1. The zero-order valence-electron chi connectivity index (χ0n) is 11.3. The molecule has 0 aliphatic carbocycles. The molecule has 1 aromatic rings. The maximum absolute atomic E-state index is 12.2. The fourth-order valence-corrected chi connectivity index (χ4v) is 1.76. The van der Waals surface area contributed by atoms with Crippen molar-refractivity contribution in [2.24, 2.45) is 0 Å². The lowest BCUT2D eigenvalue weighted by atomic mass is 10.1. The summed E-state index contributed by atoms with van der Waals surface area (Å²) < 4.78 is 0. The molecule has 0 unspecified atom stereocenters. The Balaban J connectivity index is 2.97. The Morgan fingerprint density at radius 1 is 1.40 bits per heavy atom. The third-order valence-corrected chi connectivity index (χ3v) is 2.92. The molecule has 0 spiro atoms. The molecule has 1 amide bonds. The van der Waals surface area contributed by atoms with E-state index in [9.17, 15) is 19.7 Å². The molecule has 108 valence electrons. The number of nitrogens with zero attached hydrogens (tertiary/aromatic N) is 2. The highest BCUT2D eigenvalue weighted by molar-refractivity contribution is 5.95. The van der Waals surface area contributed by atoms with Crippen LogP contribution in [0.1, 0.15) is 29.3 Å². The van der Waals surface area contributed by atoms with Crippen LogP contribution in [0.4, 0.5) is 5.69 Å². The molecule has 0 aromatic heterocycles. The molecule has 0 radical (unpaired) electrons. The van der Waals surface area contributed by atoms with E-state index < -0.39 is 16.8 Å². The Hall–Kier alpha value is -2.44. The number of hydrogen-bond acceptors (Lipinski definition) is 4. The van der Waals surface area contributed by atoms with Crippen LogP contribution in [0.25, 0.3) is 0 Å². The number of nitro groups is 1. The highest BCUT2D eigenvalue weighted by Gasteiger charge is 2.19. The van der Waals surface area contributed by atoms with Gasteiger partial charge in [0, 0.05) is 30.3 Å². The van der Waals surface area contributed by atoms with Gasteiger partial charge in [0.15, 0.2) is 0 Å². The van der Waals surface area contributed by atoms with Crippen LogP contribution in [-0.4, -0.2) is 39.9 Å². The Bertz CT molecular complexity index is 542. The van der Waals surface area contributed by atoms with Gasteiger partial charge in [0.2, 0.25) is 0 Å². The van der Waals surface area contributed by atoms with Gasteiger partial charge in [0.25, 0.3) is 11.6 Å². The number of carboxylic acid groups (broad SMARTS) is 1. The van der Waals surface area contributed by atoms with Gasteiger partial charge in [-0.05, 0) is 19.9 Å². The van der Waals surface area contributed by atoms with Crippen LogP contribution in [0.3, 0.4) is 0 Å². The van der Waals surface area contributed by atoms with Crippen molar-refractivity contribution in [3.63, 3.8) is 0 Å². The summed E-state index contributed by atoms with van der Waals surface area (Å²) in [7, 11) is 0. The summed E-state index contributed by atoms with van der Waals surface area (Å²) in [6.07, 6.45) is -0.159. The minimum atomic E-state index is -0.994. The first-order valence-corrected chi connectivity index (χ1v) is 6.13. The zero-order valence-corrected chi connectivity index (χ0v) is 11.3. The van der Waals surface area contributed by atoms with Crippen LogP contribution < -0.4 is 0 Å². The Morgan fingerprint density at radius 3 is 2.55 bits per heavy atom. The maximum atomic E-state index is 12.2. The van der Waals surface area contributed by atoms with Gasteiger partial charge >= 0.3 is 5.97 Å². The predicted octanol–water partition coefficient (Wildman–Crippen LogP) is 1.84. The largest absolute Gasteiger partial charge is 0.481 e. The van der Waals surface area contributed by atoms with Crippen molar-refractivity contribution in [3.8, 4) is 0 Å². The average Bonchev–Trinajstić information content (AvgIpc) is 2.39. The summed E-state index contributed by atoms with van der Waals surface area (Å²) in [4.78, 5) is 34.4. The van der Waals surface area contributed by atoms with Crippen LogP contribution in [0.2, 0.25) is 0 Å². The van der Waals surface area contributed by atoms with Crippen molar-refractivity contribution in [2.75, 3.05) is 13.1 Å². The number of rotatable bonds is 6. The van der Waals surface area contributed by atoms with Crippen LogP contribution in [-0.2, 0) is 4.79 Å². The average molecular weight is 280 g/mol. The van der Waals surface area contributed by atoms with Crippen LogP contribution >= 0.6 is 0 Å². The fraction of sp³-hybridized carbons (Fsp3) is 0.385. The lowest BCUT2D eigenvalue weighted by Gasteiger charge is -2.20. The molecule has 0 bridgehead atoms. The number of carbonyl (C=O) groups is 2. The topological polar surface area (TPSA) is 101 Å². The van der Waals surface area contributed by atoms with Crippen molar-refractivity contribution in [2.45, 2.75) is 20.3 Å². The van der Waals surface area contributed by atoms with Gasteiger partial charge in [-0.25, -0.2) is 0 Å². The molecule has 0 aliphatic heterocycles. The fourth-order valence-electron chi connectivity index (χ4n) is 1.76. The van der Waals surface area contributed by atoms with E-state index in [4.69, 9.17) is 5.11 Å². The van der Waals surface area contributed by atoms with E-state index in [0.29, 0.717) is 12.1 Å². The Morgan fingerprint density at radius 2 is 2.05 bits per heavy atom. The third-order valence-electron chi connectivity index (χ3n) is 2.92. The molecule has 1 rings (SSSR count). The number of carbonyl (C=O) groups excluding carboxylic acids is 1. The van der Waals surface area contributed by atoms with E-state index in [1.165, 1.54) is 23.1 Å². The van der Waals surface area contributed by atoms with E-state index in [1.807, 2.05) is 0 Å². The summed E-state index contributed by atoms with van der Waals surface area (Å²) in [5.74, 6) is -1.40. The standard InChI is InChI=1S/C13H16N2O5/c1-3-14(7-6-12(16)17)13(18)10-5-4-9(2)11(8-10)15(19)20/h4-5,8H,3,6-7H2,1-2H3,(H,16,17). The smallest absolute Gasteiger partial charge is 0.305 e. The quantitative estimate of drug-likeness (QED) is 0.633. The van der Waals surface area contributed by atoms with Gasteiger partial charge in [-0.3, -0.25) is 19.7 Å². The van der Waals surface area contributed by atoms with Crippen LogP contribution in [0, 0.1) is 17.0 Å². The highest BCUT2D eigenvalue weighted by atomic mass is 16.6. The number of benzene rings is 1. The van der Waals surface area contributed by atoms with Gasteiger partial charge in [-0.2, -0.15) is 0 Å². The van der Waals surface area contributed by atoms with E-state index in [1.54, 1.807) is 13.8 Å². The number of aliphatic carboxylic acids is 1. The number of nitro benzene ring substituents is 1. The molecule has 20 heavy (non-hydrogen) atoms. The van der Waals surface area contributed by atoms with E-state index in [-0.39, 0.29) is 24.2 Å². The molecular weight excluding hydrogens is 264 g/mol. The van der Waals surface area contributed by atoms with Crippen molar-refractivity contribution in [1.29, 1.82) is 0 Å². The Kier molecular flexibility index (Phi) is 5.19. The number of carboxylic acids is 1. The second-order valence-corrected chi connectivity index (χ2v) is 4.29. The van der Waals surface area contributed by atoms with Gasteiger partial charge in [0.05, 0.1) is 11.3 Å². The molecule has 7 nitrogen and oxygen atoms in total. The second-order valence-electron chi connectivity index (χ2n) is 4.29. The minimum absolute atomic E-state index is 0.0757. The monoisotopic (exact) mass is 280 g/mol. The molecule has 0 heterocycles. The van der Waals surface area contributed by atoms with E-state index >= 15 is 0 Å². The second kappa shape index (κ2) is 6.65. The summed E-state index contributed by atoms with van der Waals surface area (Å²) in [5.41, 5.74) is 0.541. The molecule has 1 aromatic carbocycles. The Labute approximate surface area is 116 Å². The lowest BCUT2D eigenvalue weighted by Crippen LogP contribution is -2.32. The molecule has 1 N–H and O–H groups in total. The molecule has 7 heteroatoms. The molecule has 0 aliphatic rings. The molecular formula is C13H16N2O5. The first kappa shape index (κ1) is 15.6. The summed E-state index contributed by atoms with van der Waals surface area (Å²) in [6.45, 7) is 3.73. The molecule has 0 saturated carbocycles. The van der Waals surface area contributed by atoms with Crippen molar-refractivity contribution in [3.05, 3.63) is 39.4 Å². The van der Waals surface area contributed by atoms with Gasteiger partial charge in [-0.15, -0.1) is 0 Å².